The summed E-state index contributed by atoms with van der Waals surface area (Å²) in [5.74, 6) is -0.868. The predicted molar refractivity (Wildman–Crippen MR) is 266 cm³/mol. The first kappa shape index (κ1) is 59.9. The monoisotopic (exact) mass is 873 g/mol. The van der Waals surface area contributed by atoms with Crippen LogP contribution in [0.15, 0.2) is 24.3 Å². The highest BCUT2D eigenvalue weighted by Crippen LogP contribution is 2.17. The molecule has 0 saturated carbocycles. The molecule has 0 amide bonds. The molecule has 0 aliphatic heterocycles. The molecule has 0 spiro atoms. The van der Waals surface area contributed by atoms with Crippen LogP contribution in [0, 0.1) is 0 Å². The third-order valence-electron chi connectivity index (χ3n) is 12.2. The topological polar surface area (TPSA) is 78.9 Å². The zero-order valence-corrected chi connectivity index (χ0v) is 41.7. The van der Waals surface area contributed by atoms with Crippen molar-refractivity contribution in [3.8, 4) is 0 Å². The Morgan fingerprint density at radius 1 is 0.323 bits per heavy atom. The molecule has 6 nitrogen and oxygen atoms in total. The lowest BCUT2D eigenvalue weighted by atomic mass is 10.0. The van der Waals surface area contributed by atoms with Gasteiger partial charge in [-0.1, -0.05) is 257 Å². The largest absolute Gasteiger partial charge is 0.462 e. The van der Waals surface area contributed by atoms with E-state index in [1.165, 1.54) is 193 Å². The van der Waals surface area contributed by atoms with Crippen molar-refractivity contribution in [1.29, 1.82) is 0 Å². The minimum atomic E-state index is -0.771. The molecule has 0 aliphatic rings. The predicted octanol–water partition coefficient (Wildman–Crippen LogP) is 17.9. The van der Waals surface area contributed by atoms with Crippen LogP contribution < -0.4 is 0 Å². The van der Waals surface area contributed by atoms with Crippen LogP contribution in [0.3, 0.4) is 0 Å². The molecule has 0 radical (unpaired) electrons. The number of esters is 3. The maximum absolute atomic E-state index is 12.8. The average molecular weight is 873 g/mol. The van der Waals surface area contributed by atoms with Gasteiger partial charge in [-0.2, -0.15) is 0 Å². The molecule has 364 valence electrons. The molecule has 0 aromatic carbocycles. The number of hydrogen-bond acceptors (Lipinski definition) is 6. The first-order valence-electron chi connectivity index (χ1n) is 27.4. The summed E-state index contributed by atoms with van der Waals surface area (Å²) in [6.45, 7) is 6.63. The smallest absolute Gasteiger partial charge is 0.306 e. The first-order chi connectivity index (χ1) is 30.5. The average Bonchev–Trinajstić information content (AvgIpc) is 3.27. The standard InChI is InChI=1S/C56H104O6/c1-4-7-10-13-16-19-22-24-26-27-28-29-31-32-34-37-40-43-46-49-55(58)61-52-53(51-60-54(57)48-45-42-39-36-21-18-15-12-9-6-3)62-56(59)50-47-44-41-38-35-33-30-25-23-20-17-14-11-8-5-2/h17,20,23,25,53H,4-16,18-19,21-22,24,26-52H2,1-3H3/b20-17-,25-23-. The van der Waals surface area contributed by atoms with Gasteiger partial charge in [0.25, 0.3) is 0 Å². The fourth-order valence-corrected chi connectivity index (χ4v) is 8.08. The van der Waals surface area contributed by atoms with E-state index in [1.54, 1.807) is 0 Å². The molecule has 0 rings (SSSR count). The lowest BCUT2D eigenvalue weighted by Crippen LogP contribution is -2.30. The van der Waals surface area contributed by atoms with Crippen molar-refractivity contribution < 1.29 is 28.6 Å². The summed E-state index contributed by atoms with van der Waals surface area (Å²) in [6, 6.07) is 0. The first-order valence-corrected chi connectivity index (χ1v) is 27.4. The zero-order valence-electron chi connectivity index (χ0n) is 41.7. The molecule has 0 aliphatic carbocycles. The van der Waals surface area contributed by atoms with Gasteiger partial charge < -0.3 is 14.2 Å². The number of ether oxygens (including phenoxy) is 3. The van der Waals surface area contributed by atoms with E-state index in [0.29, 0.717) is 19.3 Å². The Labute approximate surface area is 385 Å². The quantitative estimate of drug-likeness (QED) is 0.0262. The van der Waals surface area contributed by atoms with E-state index in [9.17, 15) is 14.4 Å². The van der Waals surface area contributed by atoms with Gasteiger partial charge in [0.15, 0.2) is 6.10 Å². The van der Waals surface area contributed by atoms with Crippen LogP contribution in [0.25, 0.3) is 0 Å². The summed E-state index contributed by atoms with van der Waals surface area (Å²) in [7, 11) is 0. The minimum Gasteiger partial charge on any atom is -0.462 e. The van der Waals surface area contributed by atoms with E-state index in [1.807, 2.05) is 0 Å². The van der Waals surface area contributed by atoms with Gasteiger partial charge in [0, 0.05) is 19.3 Å². The molecule has 0 heterocycles. The molecule has 0 aromatic rings. The van der Waals surface area contributed by atoms with Gasteiger partial charge in [-0.15, -0.1) is 0 Å². The van der Waals surface area contributed by atoms with Crippen LogP contribution in [0.4, 0.5) is 0 Å². The van der Waals surface area contributed by atoms with Crippen molar-refractivity contribution >= 4 is 17.9 Å². The second-order valence-corrected chi connectivity index (χ2v) is 18.5. The van der Waals surface area contributed by atoms with Crippen LogP contribution in [-0.2, 0) is 28.6 Å². The molecule has 0 fully saturated rings. The molecule has 1 atom stereocenters. The van der Waals surface area contributed by atoms with Crippen molar-refractivity contribution in [3.05, 3.63) is 24.3 Å². The Morgan fingerprint density at radius 2 is 0.565 bits per heavy atom. The van der Waals surface area contributed by atoms with E-state index < -0.39 is 6.10 Å². The minimum absolute atomic E-state index is 0.0711. The van der Waals surface area contributed by atoms with E-state index in [0.717, 1.165) is 64.2 Å². The third-order valence-corrected chi connectivity index (χ3v) is 12.2. The molecule has 1 unspecified atom stereocenters. The lowest BCUT2D eigenvalue weighted by molar-refractivity contribution is -0.167. The SMILES string of the molecule is CCCCC/C=C\C=C/CCCCCCCCC(=O)OC(COC(=O)CCCCCCCCCCCC)COC(=O)CCCCCCCCCCCCCCCCCCCCC. The van der Waals surface area contributed by atoms with Crippen LogP contribution >= 0.6 is 0 Å². The van der Waals surface area contributed by atoms with Crippen molar-refractivity contribution in [2.75, 3.05) is 13.2 Å². The maximum atomic E-state index is 12.8. The van der Waals surface area contributed by atoms with Gasteiger partial charge in [0.05, 0.1) is 0 Å². The summed E-state index contributed by atoms with van der Waals surface area (Å²) >= 11 is 0. The molecule has 62 heavy (non-hydrogen) atoms. The zero-order chi connectivity index (χ0) is 45.1. The fraction of sp³-hybridized carbons (Fsp3) is 0.875. The summed E-state index contributed by atoms with van der Waals surface area (Å²) < 4.78 is 16.8. The number of rotatable bonds is 50. The number of allylic oxidation sites excluding steroid dienone is 4. The number of carbonyl (C=O) groups excluding carboxylic acids is 3. The molecule has 0 aromatic heterocycles. The Balaban J connectivity index is 4.27. The molecule has 0 N–H and O–H groups in total. The summed E-state index contributed by atoms with van der Waals surface area (Å²) in [4.78, 5) is 38.0. The van der Waals surface area contributed by atoms with Crippen LogP contribution in [0.2, 0.25) is 0 Å². The van der Waals surface area contributed by atoms with Crippen molar-refractivity contribution in [1.82, 2.24) is 0 Å². The Bertz CT molecular complexity index is 1000. The van der Waals surface area contributed by atoms with Crippen LogP contribution in [0.1, 0.15) is 297 Å². The van der Waals surface area contributed by atoms with Gasteiger partial charge in [0.2, 0.25) is 0 Å². The van der Waals surface area contributed by atoms with Crippen molar-refractivity contribution in [2.24, 2.45) is 0 Å². The van der Waals surface area contributed by atoms with Crippen molar-refractivity contribution in [3.63, 3.8) is 0 Å². The van der Waals surface area contributed by atoms with E-state index >= 15 is 0 Å². The maximum Gasteiger partial charge on any atom is 0.306 e. The molecular weight excluding hydrogens is 769 g/mol. The highest BCUT2D eigenvalue weighted by Gasteiger charge is 2.19. The van der Waals surface area contributed by atoms with Gasteiger partial charge in [-0.3, -0.25) is 14.4 Å². The van der Waals surface area contributed by atoms with Gasteiger partial charge in [0.1, 0.15) is 13.2 Å². The van der Waals surface area contributed by atoms with E-state index in [4.69, 9.17) is 14.2 Å². The van der Waals surface area contributed by atoms with Gasteiger partial charge >= 0.3 is 17.9 Å². The second kappa shape index (κ2) is 51.5. The lowest BCUT2D eigenvalue weighted by Gasteiger charge is -2.18. The summed E-state index contributed by atoms with van der Waals surface area (Å²) in [5, 5.41) is 0. The fourth-order valence-electron chi connectivity index (χ4n) is 8.08. The summed E-state index contributed by atoms with van der Waals surface area (Å²) in [6.07, 6.45) is 58.8. The highest BCUT2D eigenvalue weighted by molar-refractivity contribution is 5.71. The number of carbonyl (C=O) groups is 3. The Kier molecular flexibility index (Phi) is 49.8. The van der Waals surface area contributed by atoms with Gasteiger partial charge in [-0.25, -0.2) is 0 Å². The number of hydrogen-bond donors (Lipinski definition) is 0. The van der Waals surface area contributed by atoms with Crippen molar-refractivity contribution in [2.45, 2.75) is 303 Å². The van der Waals surface area contributed by atoms with Crippen LogP contribution in [0.5, 0.6) is 0 Å². The third kappa shape index (κ3) is 48.9. The highest BCUT2D eigenvalue weighted by atomic mass is 16.6. The molecule has 6 heteroatoms. The van der Waals surface area contributed by atoms with E-state index in [-0.39, 0.29) is 31.1 Å². The molecule has 0 saturated heterocycles. The number of unbranched alkanes of at least 4 members (excludes halogenated alkanes) is 36. The molecular formula is C56H104O6. The second-order valence-electron chi connectivity index (χ2n) is 18.5. The van der Waals surface area contributed by atoms with Gasteiger partial charge in [-0.05, 0) is 44.9 Å². The summed E-state index contributed by atoms with van der Waals surface area (Å²) in [5.41, 5.74) is 0. The van der Waals surface area contributed by atoms with E-state index in [2.05, 4.69) is 45.1 Å². The normalized spacial score (nSPS) is 12.1. The Morgan fingerprint density at radius 3 is 0.887 bits per heavy atom. The van der Waals surface area contributed by atoms with Crippen LogP contribution in [-0.4, -0.2) is 37.2 Å². The Hall–Kier alpha value is -2.11. The molecule has 0 bridgehead atoms.